The highest BCUT2D eigenvalue weighted by Crippen LogP contribution is 2.44. The lowest BCUT2D eigenvalue weighted by Crippen LogP contribution is -2.54. The topological polar surface area (TPSA) is 152 Å². The fourth-order valence-electron chi connectivity index (χ4n) is 7.81. The standard InChI is InChI=1S/C50H54N4O7/c1-33(2)29-43(47(58)61-49(3,4)5)52-45(56)31-51-46(57)42(53-48(59)60-32-41-39-27-17-15-25-37(39)38-26-16-18-28-40(38)41)30-44(55)54-50(34-19-9-6-10-20-34,35-21-11-7-12-22-35)36-23-13-8-14-24-36/h6-28,33,41-43H,29-32H2,1-5H3,(H,51,57)(H,52,56)(H,53,59)(H,54,55)/t42-,43-/m0/s1. The van der Waals surface area contributed by atoms with Gasteiger partial charge in [-0.25, -0.2) is 9.59 Å². The number of rotatable bonds is 16. The Hall–Kier alpha value is -6.75. The highest BCUT2D eigenvalue weighted by molar-refractivity contribution is 5.94. The molecule has 11 heteroatoms. The van der Waals surface area contributed by atoms with E-state index in [2.05, 4.69) is 21.3 Å². The quantitative estimate of drug-likeness (QED) is 0.0599. The maximum Gasteiger partial charge on any atom is 0.407 e. The van der Waals surface area contributed by atoms with E-state index in [1.165, 1.54) is 0 Å². The van der Waals surface area contributed by atoms with Crippen molar-refractivity contribution in [1.82, 2.24) is 21.3 Å². The van der Waals surface area contributed by atoms with Gasteiger partial charge in [-0.05, 0) is 72.1 Å². The lowest BCUT2D eigenvalue weighted by Gasteiger charge is -2.37. The second kappa shape index (κ2) is 19.5. The van der Waals surface area contributed by atoms with Crippen molar-refractivity contribution in [2.75, 3.05) is 13.2 Å². The van der Waals surface area contributed by atoms with E-state index in [-0.39, 0.29) is 18.4 Å². The van der Waals surface area contributed by atoms with Gasteiger partial charge in [0.1, 0.15) is 29.8 Å². The van der Waals surface area contributed by atoms with Gasteiger partial charge in [0, 0.05) is 5.92 Å². The van der Waals surface area contributed by atoms with Crippen LogP contribution < -0.4 is 21.3 Å². The summed E-state index contributed by atoms with van der Waals surface area (Å²) in [7, 11) is 0. The van der Waals surface area contributed by atoms with Crippen LogP contribution in [0.5, 0.6) is 0 Å². The molecule has 1 aliphatic carbocycles. The van der Waals surface area contributed by atoms with Crippen LogP contribution in [-0.4, -0.2) is 60.6 Å². The molecule has 0 saturated heterocycles. The first-order valence-electron chi connectivity index (χ1n) is 20.6. The van der Waals surface area contributed by atoms with Crippen LogP contribution in [-0.2, 0) is 34.2 Å². The molecule has 0 radical (unpaired) electrons. The molecule has 61 heavy (non-hydrogen) atoms. The molecule has 0 bridgehead atoms. The summed E-state index contributed by atoms with van der Waals surface area (Å²) in [6, 6.07) is 41.9. The van der Waals surface area contributed by atoms with Crippen molar-refractivity contribution in [3.63, 3.8) is 0 Å². The molecular formula is C50H54N4O7. The summed E-state index contributed by atoms with van der Waals surface area (Å²) < 4.78 is 11.3. The molecule has 0 spiro atoms. The summed E-state index contributed by atoms with van der Waals surface area (Å²) in [5, 5.41) is 11.1. The van der Waals surface area contributed by atoms with Gasteiger partial charge in [-0.1, -0.05) is 153 Å². The maximum atomic E-state index is 14.5. The number of nitrogens with one attached hydrogen (secondary N) is 4. The Balaban J connectivity index is 1.24. The van der Waals surface area contributed by atoms with Crippen molar-refractivity contribution in [2.24, 2.45) is 5.92 Å². The van der Waals surface area contributed by atoms with Crippen LogP contribution in [0.3, 0.4) is 0 Å². The Morgan fingerprint density at radius 1 is 0.607 bits per heavy atom. The number of hydrogen-bond donors (Lipinski definition) is 4. The van der Waals surface area contributed by atoms with Gasteiger partial charge in [0.2, 0.25) is 17.7 Å². The number of alkyl carbamates (subject to hydrolysis) is 1. The van der Waals surface area contributed by atoms with Gasteiger partial charge in [0.15, 0.2) is 0 Å². The molecule has 5 aromatic rings. The van der Waals surface area contributed by atoms with Gasteiger partial charge in [0.25, 0.3) is 0 Å². The van der Waals surface area contributed by atoms with Gasteiger partial charge >= 0.3 is 12.1 Å². The van der Waals surface area contributed by atoms with Gasteiger partial charge in [0.05, 0.1) is 13.0 Å². The maximum absolute atomic E-state index is 14.5. The predicted molar refractivity (Wildman–Crippen MR) is 234 cm³/mol. The largest absolute Gasteiger partial charge is 0.458 e. The van der Waals surface area contributed by atoms with Crippen LogP contribution in [0.2, 0.25) is 0 Å². The molecule has 6 rings (SSSR count). The van der Waals surface area contributed by atoms with Crippen LogP contribution in [0.25, 0.3) is 11.1 Å². The minimum atomic E-state index is -1.47. The van der Waals surface area contributed by atoms with E-state index in [0.717, 1.165) is 38.9 Å². The second-order valence-corrected chi connectivity index (χ2v) is 16.6. The third-order valence-corrected chi connectivity index (χ3v) is 10.4. The smallest absolute Gasteiger partial charge is 0.407 e. The molecule has 1 aliphatic rings. The van der Waals surface area contributed by atoms with Crippen LogP contribution in [0.15, 0.2) is 140 Å². The van der Waals surface area contributed by atoms with Crippen molar-refractivity contribution < 1.29 is 33.4 Å². The van der Waals surface area contributed by atoms with E-state index >= 15 is 0 Å². The minimum Gasteiger partial charge on any atom is -0.458 e. The van der Waals surface area contributed by atoms with E-state index in [1.807, 2.05) is 153 Å². The van der Waals surface area contributed by atoms with Crippen molar-refractivity contribution in [1.29, 1.82) is 0 Å². The fraction of sp³-hybridized carbons (Fsp3) is 0.300. The number of ether oxygens (including phenoxy) is 2. The van der Waals surface area contributed by atoms with Crippen LogP contribution in [0.4, 0.5) is 4.79 Å². The average Bonchev–Trinajstić information content (AvgIpc) is 3.57. The van der Waals surface area contributed by atoms with Gasteiger partial charge < -0.3 is 30.7 Å². The Labute approximate surface area is 357 Å². The summed E-state index contributed by atoms with van der Waals surface area (Å²) in [5.74, 6) is -2.81. The highest BCUT2D eigenvalue weighted by Gasteiger charge is 2.39. The van der Waals surface area contributed by atoms with Crippen molar-refractivity contribution >= 4 is 29.8 Å². The van der Waals surface area contributed by atoms with Gasteiger partial charge in [-0.3, -0.25) is 14.4 Å². The molecule has 2 atom stereocenters. The lowest BCUT2D eigenvalue weighted by atomic mass is 9.77. The summed E-state index contributed by atoms with van der Waals surface area (Å²) in [4.78, 5) is 68.4. The summed E-state index contributed by atoms with van der Waals surface area (Å²) >= 11 is 0. The zero-order valence-electron chi connectivity index (χ0n) is 35.3. The molecule has 0 aliphatic heterocycles. The Kier molecular flexibility index (Phi) is 14.0. The number of benzene rings is 5. The normalized spacial score (nSPS) is 13.2. The summed E-state index contributed by atoms with van der Waals surface area (Å²) in [6.45, 7) is 8.48. The number of carbonyl (C=O) groups excluding carboxylic acids is 5. The first-order chi connectivity index (χ1) is 29.2. The Morgan fingerprint density at radius 3 is 1.56 bits per heavy atom. The number of esters is 1. The van der Waals surface area contributed by atoms with Crippen LogP contribution in [0.1, 0.15) is 81.2 Å². The van der Waals surface area contributed by atoms with Crippen molar-refractivity contribution in [3.8, 4) is 11.1 Å². The Bertz CT molecular complexity index is 2170. The van der Waals surface area contributed by atoms with Gasteiger partial charge in [-0.2, -0.15) is 0 Å². The zero-order valence-corrected chi connectivity index (χ0v) is 35.3. The molecule has 0 fully saturated rings. The molecule has 11 nitrogen and oxygen atoms in total. The first-order valence-corrected chi connectivity index (χ1v) is 20.6. The monoisotopic (exact) mass is 822 g/mol. The number of carbonyl (C=O) groups is 5. The fourth-order valence-corrected chi connectivity index (χ4v) is 7.81. The average molecular weight is 823 g/mol. The molecule has 0 heterocycles. The first kappa shape index (κ1) is 43.8. The minimum absolute atomic E-state index is 0.0240. The van der Waals surface area contributed by atoms with Crippen molar-refractivity contribution in [3.05, 3.63) is 167 Å². The zero-order chi connectivity index (χ0) is 43.6. The third-order valence-electron chi connectivity index (χ3n) is 10.4. The Morgan fingerprint density at radius 2 is 1.08 bits per heavy atom. The molecule has 0 saturated carbocycles. The van der Waals surface area contributed by atoms with E-state index in [0.29, 0.717) is 6.42 Å². The summed E-state index contributed by atoms with van der Waals surface area (Å²) in [5.41, 5.74) is 4.47. The molecule has 4 N–H and O–H groups in total. The van der Waals surface area contributed by atoms with Gasteiger partial charge in [-0.15, -0.1) is 0 Å². The van der Waals surface area contributed by atoms with E-state index < -0.39 is 66.0 Å². The molecule has 0 aromatic heterocycles. The SMILES string of the molecule is CC(C)C[C@H](NC(=O)CNC(=O)[C@H](CC(=O)NC(c1ccccc1)(c1ccccc1)c1ccccc1)NC(=O)OCC1c2ccccc2-c2ccccc21)C(=O)OC(C)(C)C. The third kappa shape index (κ3) is 10.9. The number of fused-ring (bicyclic) bond motifs is 3. The van der Waals surface area contributed by atoms with E-state index in [1.54, 1.807) is 20.8 Å². The van der Waals surface area contributed by atoms with E-state index in [9.17, 15) is 24.0 Å². The van der Waals surface area contributed by atoms with Crippen LogP contribution in [0, 0.1) is 5.92 Å². The second-order valence-electron chi connectivity index (χ2n) is 16.6. The number of hydrogen-bond acceptors (Lipinski definition) is 7. The lowest BCUT2D eigenvalue weighted by molar-refractivity contribution is -0.159. The predicted octanol–water partition coefficient (Wildman–Crippen LogP) is 7.38. The molecule has 4 amide bonds. The highest BCUT2D eigenvalue weighted by atomic mass is 16.6. The van der Waals surface area contributed by atoms with Crippen LogP contribution >= 0.6 is 0 Å². The molecule has 0 unspecified atom stereocenters. The summed E-state index contributed by atoms with van der Waals surface area (Å²) in [6.07, 6.45) is -1.12. The molecular weight excluding hydrogens is 769 g/mol. The van der Waals surface area contributed by atoms with Crippen molar-refractivity contribution in [2.45, 2.75) is 76.6 Å². The molecule has 316 valence electrons. The van der Waals surface area contributed by atoms with E-state index in [4.69, 9.17) is 9.47 Å². The molecule has 5 aromatic carbocycles. The number of amides is 4.